The number of aromatic nitrogens is 1. The van der Waals surface area contributed by atoms with Gasteiger partial charge in [-0.25, -0.2) is 4.98 Å². The summed E-state index contributed by atoms with van der Waals surface area (Å²) in [7, 11) is 0. The van der Waals surface area contributed by atoms with Crippen LogP contribution >= 0.6 is 0 Å². The smallest absolute Gasteiger partial charge is 0.287 e. The maximum Gasteiger partial charge on any atom is 0.287 e. The van der Waals surface area contributed by atoms with Crippen LogP contribution in [0.1, 0.15) is 31.7 Å². The molecule has 0 bridgehead atoms. The highest BCUT2D eigenvalue weighted by Gasteiger charge is 2.12. The lowest BCUT2D eigenvalue weighted by Gasteiger charge is -2.18. The zero-order valence-electron chi connectivity index (χ0n) is 10.8. The first-order valence-corrected chi connectivity index (χ1v) is 6.16. The Kier molecular flexibility index (Phi) is 5.51. The first-order chi connectivity index (χ1) is 8.58. The normalized spacial score (nSPS) is 12.2. The lowest BCUT2D eigenvalue weighted by atomic mass is 10.1. The SMILES string of the molecule is CCCCC(CN)Nc1ncc([N+](=O)[O-])cc1C. The van der Waals surface area contributed by atoms with E-state index in [9.17, 15) is 10.1 Å². The Hall–Kier alpha value is -1.69. The Balaban J connectivity index is 2.74. The highest BCUT2D eigenvalue weighted by atomic mass is 16.6. The number of nitrogens with two attached hydrogens (primary N) is 1. The van der Waals surface area contributed by atoms with Crippen LogP contribution in [0.2, 0.25) is 0 Å². The maximum absolute atomic E-state index is 10.6. The number of aryl methyl sites for hydroxylation is 1. The van der Waals surface area contributed by atoms with Crippen LogP contribution in [0.25, 0.3) is 0 Å². The molecule has 3 N–H and O–H groups in total. The Morgan fingerprint density at radius 3 is 2.83 bits per heavy atom. The van der Waals surface area contributed by atoms with Crippen LogP contribution in [-0.2, 0) is 0 Å². The Bertz CT molecular complexity index is 409. The van der Waals surface area contributed by atoms with Crippen molar-refractivity contribution < 1.29 is 4.92 Å². The minimum absolute atomic E-state index is 0.0101. The van der Waals surface area contributed by atoms with Crippen LogP contribution in [0, 0.1) is 17.0 Å². The molecule has 0 aliphatic rings. The molecule has 6 nitrogen and oxygen atoms in total. The number of rotatable bonds is 7. The molecule has 0 fully saturated rings. The molecule has 18 heavy (non-hydrogen) atoms. The lowest BCUT2D eigenvalue weighted by Crippen LogP contribution is -2.29. The number of nitro groups is 1. The van der Waals surface area contributed by atoms with Crippen LogP contribution in [0.5, 0.6) is 0 Å². The highest BCUT2D eigenvalue weighted by molar-refractivity contribution is 5.48. The van der Waals surface area contributed by atoms with E-state index in [2.05, 4.69) is 17.2 Å². The number of pyridine rings is 1. The van der Waals surface area contributed by atoms with E-state index in [-0.39, 0.29) is 11.7 Å². The van der Waals surface area contributed by atoms with Crippen molar-refractivity contribution in [1.29, 1.82) is 0 Å². The van der Waals surface area contributed by atoms with Crippen molar-refractivity contribution in [3.8, 4) is 0 Å². The summed E-state index contributed by atoms with van der Waals surface area (Å²) >= 11 is 0. The Morgan fingerprint density at radius 1 is 1.61 bits per heavy atom. The van der Waals surface area contributed by atoms with Crippen LogP contribution in [0.4, 0.5) is 11.5 Å². The van der Waals surface area contributed by atoms with Crippen molar-refractivity contribution in [2.45, 2.75) is 39.2 Å². The fraction of sp³-hybridized carbons (Fsp3) is 0.583. The zero-order chi connectivity index (χ0) is 13.5. The number of unbranched alkanes of at least 4 members (excludes halogenated alkanes) is 1. The second-order valence-corrected chi connectivity index (χ2v) is 4.34. The van der Waals surface area contributed by atoms with Gasteiger partial charge in [0.1, 0.15) is 12.0 Å². The van der Waals surface area contributed by atoms with Crippen LogP contribution in [0.15, 0.2) is 12.3 Å². The minimum atomic E-state index is -0.443. The third-order valence-electron chi connectivity index (χ3n) is 2.81. The van der Waals surface area contributed by atoms with Crippen LogP contribution in [0.3, 0.4) is 0 Å². The van der Waals surface area contributed by atoms with Gasteiger partial charge in [0.2, 0.25) is 0 Å². The first-order valence-electron chi connectivity index (χ1n) is 6.16. The van der Waals surface area contributed by atoms with E-state index in [1.54, 1.807) is 6.92 Å². The van der Waals surface area contributed by atoms with Gasteiger partial charge in [0, 0.05) is 18.7 Å². The van der Waals surface area contributed by atoms with Crippen LogP contribution in [-0.4, -0.2) is 22.5 Å². The molecule has 6 heteroatoms. The largest absolute Gasteiger partial charge is 0.366 e. The summed E-state index contributed by atoms with van der Waals surface area (Å²) in [5, 5.41) is 13.8. The quantitative estimate of drug-likeness (QED) is 0.573. The van der Waals surface area contributed by atoms with Crippen molar-refractivity contribution in [3.05, 3.63) is 27.9 Å². The molecule has 0 spiro atoms. The van der Waals surface area contributed by atoms with Gasteiger partial charge < -0.3 is 11.1 Å². The topological polar surface area (TPSA) is 94.1 Å². The Labute approximate surface area is 107 Å². The molecule has 1 unspecified atom stereocenters. The van der Waals surface area contributed by atoms with E-state index in [4.69, 9.17) is 5.73 Å². The van der Waals surface area contributed by atoms with Gasteiger partial charge in [-0.05, 0) is 18.9 Å². The molecular formula is C12H20N4O2. The van der Waals surface area contributed by atoms with E-state index >= 15 is 0 Å². The molecule has 1 aromatic rings. The average Bonchev–Trinajstić information content (AvgIpc) is 2.35. The van der Waals surface area contributed by atoms with Gasteiger partial charge in [0.15, 0.2) is 0 Å². The number of anilines is 1. The molecule has 0 radical (unpaired) electrons. The van der Waals surface area contributed by atoms with Gasteiger partial charge in [-0.2, -0.15) is 0 Å². The molecule has 0 aromatic carbocycles. The molecule has 0 saturated heterocycles. The minimum Gasteiger partial charge on any atom is -0.366 e. The standard InChI is InChI=1S/C12H20N4O2/c1-3-4-5-10(7-13)15-12-9(2)6-11(8-14-12)16(17)18/h6,8,10H,3-5,7,13H2,1-2H3,(H,14,15). The summed E-state index contributed by atoms with van der Waals surface area (Å²) < 4.78 is 0. The number of nitrogens with one attached hydrogen (secondary N) is 1. The average molecular weight is 252 g/mol. The van der Waals surface area contributed by atoms with E-state index in [0.29, 0.717) is 12.4 Å². The maximum atomic E-state index is 10.6. The van der Waals surface area contributed by atoms with Gasteiger partial charge in [-0.3, -0.25) is 10.1 Å². The molecule has 0 amide bonds. The molecule has 1 atom stereocenters. The monoisotopic (exact) mass is 252 g/mol. The summed E-state index contributed by atoms with van der Waals surface area (Å²) in [4.78, 5) is 14.3. The van der Waals surface area contributed by atoms with Crippen molar-refractivity contribution >= 4 is 11.5 Å². The van der Waals surface area contributed by atoms with Gasteiger partial charge in [-0.1, -0.05) is 19.8 Å². The second kappa shape index (κ2) is 6.90. The zero-order valence-corrected chi connectivity index (χ0v) is 10.8. The van der Waals surface area contributed by atoms with Crippen molar-refractivity contribution in [3.63, 3.8) is 0 Å². The molecule has 1 aromatic heterocycles. The van der Waals surface area contributed by atoms with Gasteiger partial charge in [0.25, 0.3) is 5.69 Å². The molecule has 0 saturated carbocycles. The number of hydrogen-bond donors (Lipinski definition) is 2. The van der Waals surface area contributed by atoms with Crippen molar-refractivity contribution in [2.24, 2.45) is 5.73 Å². The number of hydrogen-bond acceptors (Lipinski definition) is 5. The molecule has 0 aliphatic carbocycles. The van der Waals surface area contributed by atoms with Crippen molar-refractivity contribution in [1.82, 2.24) is 4.98 Å². The summed E-state index contributed by atoms with van der Waals surface area (Å²) in [6.07, 6.45) is 4.46. The van der Waals surface area contributed by atoms with Gasteiger partial charge >= 0.3 is 0 Å². The van der Waals surface area contributed by atoms with E-state index in [1.807, 2.05) is 0 Å². The third-order valence-corrected chi connectivity index (χ3v) is 2.81. The number of nitrogens with zero attached hydrogens (tertiary/aromatic N) is 2. The summed E-state index contributed by atoms with van der Waals surface area (Å²) in [6.45, 7) is 4.46. The molecule has 100 valence electrons. The predicted octanol–water partition coefficient (Wildman–Crippen LogP) is 2.23. The Morgan fingerprint density at radius 2 is 2.33 bits per heavy atom. The highest BCUT2D eigenvalue weighted by Crippen LogP contribution is 2.19. The second-order valence-electron chi connectivity index (χ2n) is 4.34. The summed E-state index contributed by atoms with van der Waals surface area (Å²) in [5.41, 5.74) is 6.46. The molecular weight excluding hydrogens is 232 g/mol. The van der Waals surface area contributed by atoms with Gasteiger partial charge in [-0.15, -0.1) is 0 Å². The summed E-state index contributed by atoms with van der Waals surface area (Å²) in [6, 6.07) is 1.68. The summed E-state index contributed by atoms with van der Waals surface area (Å²) in [5.74, 6) is 0.673. The van der Waals surface area contributed by atoms with E-state index in [0.717, 1.165) is 24.8 Å². The van der Waals surface area contributed by atoms with E-state index < -0.39 is 4.92 Å². The molecule has 0 aliphatic heterocycles. The van der Waals surface area contributed by atoms with Crippen molar-refractivity contribution in [2.75, 3.05) is 11.9 Å². The van der Waals surface area contributed by atoms with E-state index in [1.165, 1.54) is 12.3 Å². The molecule has 1 rings (SSSR count). The molecule has 1 heterocycles. The third kappa shape index (κ3) is 3.96. The fourth-order valence-corrected chi connectivity index (χ4v) is 1.70. The lowest BCUT2D eigenvalue weighted by molar-refractivity contribution is -0.385. The predicted molar refractivity (Wildman–Crippen MR) is 71.6 cm³/mol. The first kappa shape index (κ1) is 14.4. The van der Waals surface area contributed by atoms with Gasteiger partial charge in [0.05, 0.1) is 4.92 Å². The fourth-order valence-electron chi connectivity index (χ4n) is 1.70. The van der Waals surface area contributed by atoms with Crippen LogP contribution < -0.4 is 11.1 Å².